The molecule has 0 N–H and O–H groups in total. The van der Waals surface area contributed by atoms with Gasteiger partial charge in [0.25, 0.3) is 0 Å². The van der Waals surface area contributed by atoms with Crippen LogP contribution in [0.1, 0.15) is 38.7 Å². The first-order valence-corrected chi connectivity index (χ1v) is 7.78. The highest BCUT2D eigenvalue weighted by Gasteiger charge is 2.25. The van der Waals surface area contributed by atoms with Crippen molar-refractivity contribution in [1.29, 1.82) is 0 Å². The maximum Gasteiger partial charge on any atom is 0.222 e. The van der Waals surface area contributed by atoms with E-state index in [1.165, 1.54) is 0 Å². The standard InChI is InChI=1S/C16H21ClN2O2/c1-3-9-19(16(20)4-2)11-14-10-15(18-21-14)12-5-7-13(17)8-6-12/h5-8,14H,3-4,9-11H2,1-2H3/t14-/m1/s1. The lowest BCUT2D eigenvalue weighted by molar-refractivity contribution is -0.132. The van der Waals surface area contributed by atoms with E-state index in [1.54, 1.807) is 0 Å². The Kier molecular flexibility index (Phi) is 5.62. The Bertz CT molecular complexity index is 514. The Morgan fingerprint density at radius 1 is 1.38 bits per heavy atom. The molecule has 1 aliphatic heterocycles. The molecule has 1 aromatic carbocycles. The Morgan fingerprint density at radius 2 is 2.10 bits per heavy atom. The SMILES string of the molecule is CCCN(C[C@H]1CC(c2ccc(Cl)cc2)=NO1)C(=O)CC. The first-order chi connectivity index (χ1) is 10.1. The van der Waals surface area contributed by atoms with Gasteiger partial charge in [0, 0.05) is 24.4 Å². The van der Waals surface area contributed by atoms with Gasteiger partial charge in [-0.3, -0.25) is 4.79 Å². The number of hydrogen-bond donors (Lipinski definition) is 0. The van der Waals surface area contributed by atoms with E-state index in [2.05, 4.69) is 12.1 Å². The van der Waals surface area contributed by atoms with Gasteiger partial charge in [-0.15, -0.1) is 0 Å². The van der Waals surface area contributed by atoms with Crippen LogP contribution in [-0.4, -0.2) is 35.7 Å². The lowest BCUT2D eigenvalue weighted by Gasteiger charge is -2.23. The Hall–Kier alpha value is -1.55. The van der Waals surface area contributed by atoms with Crippen molar-refractivity contribution < 1.29 is 9.63 Å². The molecule has 1 atom stereocenters. The van der Waals surface area contributed by atoms with Crippen LogP contribution in [0.5, 0.6) is 0 Å². The summed E-state index contributed by atoms with van der Waals surface area (Å²) in [4.78, 5) is 19.2. The molecule has 5 heteroatoms. The number of halogens is 1. The van der Waals surface area contributed by atoms with Crippen LogP contribution in [0.25, 0.3) is 0 Å². The summed E-state index contributed by atoms with van der Waals surface area (Å²) in [6.07, 6.45) is 2.14. The van der Waals surface area contributed by atoms with Gasteiger partial charge in [0.15, 0.2) is 6.10 Å². The van der Waals surface area contributed by atoms with Crippen molar-refractivity contribution >= 4 is 23.2 Å². The predicted molar refractivity (Wildman–Crippen MR) is 84.6 cm³/mol. The Labute approximate surface area is 130 Å². The molecule has 0 bridgehead atoms. The van der Waals surface area contributed by atoms with Crippen molar-refractivity contribution in [2.75, 3.05) is 13.1 Å². The summed E-state index contributed by atoms with van der Waals surface area (Å²) in [5, 5.41) is 4.86. The summed E-state index contributed by atoms with van der Waals surface area (Å²) in [5.41, 5.74) is 1.93. The van der Waals surface area contributed by atoms with E-state index in [-0.39, 0.29) is 12.0 Å². The first-order valence-electron chi connectivity index (χ1n) is 7.40. The van der Waals surface area contributed by atoms with Gasteiger partial charge >= 0.3 is 0 Å². The highest BCUT2D eigenvalue weighted by atomic mass is 35.5. The molecule has 0 aliphatic carbocycles. The molecule has 0 radical (unpaired) electrons. The van der Waals surface area contributed by atoms with Gasteiger partial charge < -0.3 is 9.74 Å². The minimum absolute atomic E-state index is 0.0577. The summed E-state index contributed by atoms with van der Waals surface area (Å²) in [7, 11) is 0. The molecule has 0 saturated heterocycles. The van der Waals surface area contributed by atoms with Crippen LogP contribution in [0.15, 0.2) is 29.4 Å². The van der Waals surface area contributed by atoms with Gasteiger partial charge in [0.05, 0.1) is 12.3 Å². The zero-order valence-corrected chi connectivity index (χ0v) is 13.3. The highest BCUT2D eigenvalue weighted by molar-refractivity contribution is 6.30. The van der Waals surface area contributed by atoms with E-state index in [4.69, 9.17) is 16.4 Å². The van der Waals surface area contributed by atoms with Crippen LogP contribution in [0.2, 0.25) is 5.02 Å². The maximum atomic E-state index is 11.9. The average Bonchev–Trinajstić information content (AvgIpc) is 2.95. The van der Waals surface area contributed by atoms with Gasteiger partial charge in [-0.05, 0) is 24.1 Å². The number of oxime groups is 1. The molecule has 0 aromatic heterocycles. The second-order valence-electron chi connectivity index (χ2n) is 5.17. The minimum atomic E-state index is -0.0577. The molecule has 1 aromatic rings. The maximum absolute atomic E-state index is 11.9. The van der Waals surface area contributed by atoms with Gasteiger partial charge in [-0.25, -0.2) is 0 Å². The molecule has 114 valence electrons. The zero-order chi connectivity index (χ0) is 15.2. The third-order valence-corrected chi connectivity index (χ3v) is 3.74. The first kappa shape index (κ1) is 15.8. The van der Waals surface area contributed by atoms with Crippen LogP contribution >= 0.6 is 11.6 Å². The van der Waals surface area contributed by atoms with Gasteiger partial charge in [0.1, 0.15) is 0 Å². The summed E-state index contributed by atoms with van der Waals surface area (Å²) in [5.74, 6) is 0.167. The minimum Gasteiger partial charge on any atom is -0.390 e. The van der Waals surface area contributed by atoms with Crippen molar-refractivity contribution in [3.63, 3.8) is 0 Å². The monoisotopic (exact) mass is 308 g/mol. The number of carbonyl (C=O) groups is 1. The number of carbonyl (C=O) groups excluding carboxylic acids is 1. The van der Waals surface area contributed by atoms with Crippen LogP contribution in [0.3, 0.4) is 0 Å². The molecule has 4 nitrogen and oxygen atoms in total. The summed E-state index contributed by atoms with van der Waals surface area (Å²) >= 11 is 5.89. The number of benzene rings is 1. The van der Waals surface area contributed by atoms with Gasteiger partial charge in [0.2, 0.25) is 5.91 Å². The van der Waals surface area contributed by atoms with Crippen molar-refractivity contribution in [1.82, 2.24) is 4.90 Å². The lowest BCUT2D eigenvalue weighted by atomic mass is 10.0. The molecular formula is C16H21ClN2O2. The Morgan fingerprint density at radius 3 is 2.71 bits per heavy atom. The van der Waals surface area contributed by atoms with E-state index < -0.39 is 0 Å². The van der Waals surface area contributed by atoms with E-state index in [1.807, 2.05) is 36.1 Å². The van der Waals surface area contributed by atoms with Crippen LogP contribution in [0.4, 0.5) is 0 Å². The van der Waals surface area contributed by atoms with Crippen LogP contribution in [-0.2, 0) is 9.63 Å². The van der Waals surface area contributed by atoms with E-state index in [0.29, 0.717) is 18.0 Å². The van der Waals surface area contributed by atoms with Gasteiger partial charge in [-0.1, -0.05) is 42.7 Å². The highest BCUT2D eigenvalue weighted by Crippen LogP contribution is 2.19. The molecule has 2 rings (SSSR count). The average molecular weight is 309 g/mol. The second-order valence-corrected chi connectivity index (χ2v) is 5.61. The third kappa shape index (κ3) is 4.21. The quantitative estimate of drug-likeness (QED) is 0.807. The van der Waals surface area contributed by atoms with Crippen molar-refractivity contribution in [2.24, 2.45) is 5.16 Å². The van der Waals surface area contributed by atoms with E-state index in [9.17, 15) is 4.79 Å². The summed E-state index contributed by atoms with van der Waals surface area (Å²) < 4.78 is 0. The fourth-order valence-corrected chi connectivity index (χ4v) is 2.52. The second kappa shape index (κ2) is 7.46. The summed E-state index contributed by atoms with van der Waals surface area (Å²) in [6.45, 7) is 5.32. The van der Waals surface area contributed by atoms with E-state index in [0.717, 1.165) is 30.7 Å². The van der Waals surface area contributed by atoms with Crippen molar-refractivity contribution in [3.05, 3.63) is 34.9 Å². The molecule has 21 heavy (non-hydrogen) atoms. The normalized spacial score (nSPS) is 17.3. The lowest BCUT2D eigenvalue weighted by Crippen LogP contribution is -2.37. The van der Waals surface area contributed by atoms with Crippen LogP contribution < -0.4 is 0 Å². The third-order valence-electron chi connectivity index (χ3n) is 3.48. The molecule has 1 heterocycles. The molecule has 0 spiro atoms. The number of rotatable bonds is 6. The van der Waals surface area contributed by atoms with Crippen molar-refractivity contribution in [3.8, 4) is 0 Å². The smallest absolute Gasteiger partial charge is 0.222 e. The molecular weight excluding hydrogens is 288 g/mol. The van der Waals surface area contributed by atoms with E-state index >= 15 is 0 Å². The van der Waals surface area contributed by atoms with Crippen molar-refractivity contribution in [2.45, 2.75) is 39.2 Å². The fourth-order valence-electron chi connectivity index (χ4n) is 2.40. The zero-order valence-electron chi connectivity index (χ0n) is 12.5. The Balaban J connectivity index is 1.94. The largest absolute Gasteiger partial charge is 0.390 e. The predicted octanol–water partition coefficient (Wildman–Crippen LogP) is 3.48. The molecule has 0 saturated carbocycles. The van der Waals surface area contributed by atoms with Gasteiger partial charge in [-0.2, -0.15) is 0 Å². The molecule has 1 aliphatic rings. The molecule has 1 amide bonds. The number of amides is 1. The summed E-state index contributed by atoms with van der Waals surface area (Å²) in [6, 6.07) is 7.56. The number of hydrogen-bond acceptors (Lipinski definition) is 3. The molecule has 0 fully saturated rings. The topological polar surface area (TPSA) is 41.9 Å². The molecule has 0 unspecified atom stereocenters. The number of nitrogens with zero attached hydrogens (tertiary/aromatic N) is 2. The fraction of sp³-hybridized carbons (Fsp3) is 0.500. The van der Waals surface area contributed by atoms with Crippen LogP contribution in [0, 0.1) is 0 Å².